The van der Waals surface area contributed by atoms with Gasteiger partial charge in [-0.3, -0.25) is 14.9 Å². The largest absolute Gasteiger partial charge is 0.308 e. The van der Waals surface area contributed by atoms with E-state index in [0.29, 0.717) is 11.9 Å². The molecule has 132 valence electrons. The van der Waals surface area contributed by atoms with Gasteiger partial charge in [-0.1, -0.05) is 6.07 Å². The van der Waals surface area contributed by atoms with E-state index >= 15 is 0 Å². The van der Waals surface area contributed by atoms with Crippen molar-refractivity contribution in [3.05, 3.63) is 83.2 Å². The number of nitrogens with zero attached hydrogens (tertiary/aromatic N) is 5. The summed E-state index contributed by atoms with van der Waals surface area (Å²) in [4.78, 5) is 21.8. The molecule has 5 aromatic heterocycles. The highest BCUT2D eigenvalue weighted by atomic mass is 16.1. The highest BCUT2D eigenvalue weighted by Crippen LogP contribution is 2.25. The molecule has 0 radical (unpaired) electrons. The first-order valence-electron chi connectivity index (χ1n) is 8.59. The third-order valence-corrected chi connectivity index (χ3v) is 4.68. The van der Waals surface area contributed by atoms with Crippen molar-refractivity contribution >= 4 is 16.4 Å². The molecule has 0 aliphatic rings. The Morgan fingerprint density at radius 2 is 2.00 bits per heavy atom. The summed E-state index contributed by atoms with van der Waals surface area (Å²) in [7, 11) is 0. The van der Waals surface area contributed by atoms with Crippen LogP contribution in [0.3, 0.4) is 0 Å². The van der Waals surface area contributed by atoms with Gasteiger partial charge in [-0.2, -0.15) is 5.10 Å². The second-order valence-electron chi connectivity index (χ2n) is 6.59. The minimum Gasteiger partial charge on any atom is -0.308 e. The van der Waals surface area contributed by atoms with E-state index in [2.05, 4.69) is 20.2 Å². The van der Waals surface area contributed by atoms with Crippen molar-refractivity contribution in [3.8, 4) is 11.1 Å². The second kappa shape index (κ2) is 5.91. The lowest BCUT2D eigenvalue weighted by atomic mass is 10.1. The number of rotatable bonds is 3. The maximum absolute atomic E-state index is 13.0. The molecule has 5 heterocycles. The van der Waals surface area contributed by atoms with Crippen LogP contribution in [0.5, 0.6) is 0 Å². The number of imidazole rings is 1. The molecule has 0 atom stereocenters. The Bertz CT molecular complexity index is 1330. The number of fused-ring (bicyclic) bond motifs is 2. The Balaban J connectivity index is 1.68. The zero-order valence-corrected chi connectivity index (χ0v) is 14.6. The summed E-state index contributed by atoms with van der Waals surface area (Å²) in [5, 5.41) is 8.30. The lowest BCUT2D eigenvalue weighted by Crippen LogP contribution is -2.21. The number of hydrogen-bond donors (Lipinski definition) is 1. The van der Waals surface area contributed by atoms with Gasteiger partial charge in [0.05, 0.1) is 23.8 Å². The van der Waals surface area contributed by atoms with Crippen molar-refractivity contribution in [3.63, 3.8) is 0 Å². The number of nitrogens with one attached hydrogen (secondary N) is 1. The summed E-state index contributed by atoms with van der Waals surface area (Å²) < 4.78 is 3.66. The van der Waals surface area contributed by atoms with Crippen molar-refractivity contribution in [1.29, 1.82) is 0 Å². The number of hydrogen-bond acceptors (Lipinski definition) is 4. The molecule has 0 saturated heterocycles. The quantitative estimate of drug-likeness (QED) is 0.539. The van der Waals surface area contributed by atoms with Gasteiger partial charge in [0.1, 0.15) is 5.65 Å². The average Bonchev–Trinajstić information content (AvgIpc) is 3.33. The molecule has 0 amide bonds. The Hall–Kier alpha value is -3.74. The van der Waals surface area contributed by atoms with Gasteiger partial charge < -0.3 is 8.97 Å². The van der Waals surface area contributed by atoms with Crippen LogP contribution in [-0.4, -0.2) is 29.1 Å². The Morgan fingerprint density at radius 3 is 2.85 bits per heavy atom. The summed E-state index contributed by atoms with van der Waals surface area (Å²) in [6.45, 7) is 2.42. The molecule has 0 unspecified atom stereocenters. The molecule has 7 nitrogen and oxygen atoms in total. The van der Waals surface area contributed by atoms with Crippen LogP contribution >= 0.6 is 0 Å². The topological polar surface area (TPSA) is 80.9 Å². The first-order valence-corrected chi connectivity index (χ1v) is 8.59. The van der Waals surface area contributed by atoms with Crippen molar-refractivity contribution in [2.45, 2.75) is 13.5 Å². The maximum Gasteiger partial charge on any atom is 0.260 e. The van der Waals surface area contributed by atoms with Gasteiger partial charge in [-0.15, -0.1) is 0 Å². The molecule has 27 heavy (non-hydrogen) atoms. The Morgan fingerprint density at radius 1 is 1.07 bits per heavy atom. The molecule has 7 heteroatoms. The summed E-state index contributed by atoms with van der Waals surface area (Å²) >= 11 is 0. The van der Waals surface area contributed by atoms with Crippen LogP contribution in [0.1, 0.15) is 11.3 Å². The number of aromatic amines is 1. The molecule has 0 aliphatic heterocycles. The lowest BCUT2D eigenvalue weighted by Gasteiger charge is -2.10. The van der Waals surface area contributed by atoms with Gasteiger partial charge in [0.25, 0.3) is 5.56 Å². The van der Waals surface area contributed by atoms with Crippen molar-refractivity contribution in [2.75, 3.05) is 0 Å². The Labute approximate surface area is 154 Å². The highest BCUT2D eigenvalue weighted by molar-refractivity contribution is 5.94. The van der Waals surface area contributed by atoms with E-state index in [1.165, 1.54) is 0 Å². The first-order chi connectivity index (χ1) is 13.2. The van der Waals surface area contributed by atoms with Crippen LogP contribution in [0, 0.1) is 6.92 Å². The number of H-pyrrole nitrogens is 1. The zero-order valence-electron chi connectivity index (χ0n) is 14.6. The average molecular weight is 356 g/mol. The molecule has 0 bridgehead atoms. The molecular formula is C20H16N6O. The van der Waals surface area contributed by atoms with E-state index in [1.54, 1.807) is 23.2 Å². The summed E-state index contributed by atoms with van der Waals surface area (Å²) in [5.41, 5.74) is 4.61. The van der Waals surface area contributed by atoms with Gasteiger partial charge in [-0.25, -0.2) is 4.98 Å². The van der Waals surface area contributed by atoms with Gasteiger partial charge in [0.2, 0.25) is 0 Å². The molecule has 0 aliphatic carbocycles. The van der Waals surface area contributed by atoms with E-state index in [1.807, 2.05) is 54.3 Å². The predicted octanol–water partition coefficient (Wildman–Crippen LogP) is 2.79. The molecular weight excluding hydrogens is 340 g/mol. The van der Waals surface area contributed by atoms with Crippen LogP contribution in [0.4, 0.5) is 0 Å². The number of pyridine rings is 3. The minimum absolute atomic E-state index is 0.0846. The number of aryl methyl sites for hydroxylation is 1. The standard InChI is InChI=1S/C20H16N6O/c1-13-2-3-19-24-15(10-25(19)9-13)11-26-12-18(14-6-22-23-7-14)16-4-5-21-8-17(16)20(26)27/h2-10,12H,11H2,1H3,(H,22,23). The van der Waals surface area contributed by atoms with E-state index in [9.17, 15) is 4.79 Å². The fourth-order valence-electron chi connectivity index (χ4n) is 3.39. The van der Waals surface area contributed by atoms with Gasteiger partial charge in [0.15, 0.2) is 0 Å². The van der Waals surface area contributed by atoms with Crippen molar-refractivity contribution in [1.82, 2.24) is 29.1 Å². The van der Waals surface area contributed by atoms with Crippen LogP contribution in [0.2, 0.25) is 0 Å². The van der Waals surface area contributed by atoms with Crippen molar-refractivity contribution < 1.29 is 0 Å². The monoisotopic (exact) mass is 356 g/mol. The summed E-state index contributed by atoms with van der Waals surface area (Å²) in [6.07, 6.45) is 12.7. The number of aromatic nitrogens is 6. The SMILES string of the molecule is Cc1ccc2nc(Cn3cc(-c4cn[nH]c4)c4ccncc4c3=O)cn2c1. The zero-order chi connectivity index (χ0) is 18.4. The van der Waals surface area contributed by atoms with Crippen LogP contribution in [-0.2, 0) is 6.54 Å². The molecule has 5 aromatic rings. The van der Waals surface area contributed by atoms with Crippen LogP contribution in [0.15, 0.2) is 66.4 Å². The van der Waals surface area contributed by atoms with E-state index in [4.69, 9.17) is 0 Å². The molecule has 5 rings (SSSR count). The first kappa shape index (κ1) is 15.5. The van der Waals surface area contributed by atoms with E-state index < -0.39 is 0 Å². The third-order valence-electron chi connectivity index (χ3n) is 4.68. The Kier molecular flexibility index (Phi) is 3.39. The maximum atomic E-state index is 13.0. The third kappa shape index (κ3) is 2.60. The van der Waals surface area contributed by atoms with Crippen molar-refractivity contribution in [2.24, 2.45) is 0 Å². The summed E-state index contributed by atoms with van der Waals surface area (Å²) in [6, 6.07) is 5.86. The van der Waals surface area contributed by atoms with Gasteiger partial charge in [-0.05, 0) is 30.0 Å². The second-order valence-corrected chi connectivity index (χ2v) is 6.59. The van der Waals surface area contributed by atoms with Crippen LogP contribution in [0.25, 0.3) is 27.5 Å². The molecule has 0 aromatic carbocycles. The van der Waals surface area contributed by atoms with E-state index in [-0.39, 0.29) is 5.56 Å². The van der Waals surface area contributed by atoms with Gasteiger partial charge in [0, 0.05) is 48.3 Å². The summed E-state index contributed by atoms with van der Waals surface area (Å²) in [5.74, 6) is 0. The smallest absolute Gasteiger partial charge is 0.260 e. The fraction of sp³-hybridized carbons (Fsp3) is 0.100. The minimum atomic E-state index is -0.0846. The fourth-order valence-corrected chi connectivity index (χ4v) is 3.39. The molecule has 0 fully saturated rings. The lowest BCUT2D eigenvalue weighted by molar-refractivity contribution is 0.753. The highest BCUT2D eigenvalue weighted by Gasteiger charge is 2.13. The van der Waals surface area contributed by atoms with E-state index in [0.717, 1.165) is 33.4 Å². The van der Waals surface area contributed by atoms with Gasteiger partial charge >= 0.3 is 0 Å². The molecule has 1 N–H and O–H groups in total. The molecule has 0 spiro atoms. The van der Waals surface area contributed by atoms with Crippen LogP contribution < -0.4 is 5.56 Å². The predicted molar refractivity (Wildman–Crippen MR) is 103 cm³/mol. The normalized spacial score (nSPS) is 11.4. The molecule has 0 saturated carbocycles.